The zero-order chi connectivity index (χ0) is 22.8. The van der Waals surface area contributed by atoms with Crippen LogP contribution >= 0.6 is 0 Å². The van der Waals surface area contributed by atoms with Crippen molar-refractivity contribution in [3.05, 3.63) is 104 Å². The van der Waals surface area contributed by atoms with E-state index in [0.29, 0.717) is 4.31 Å². The van der Waals surface area contributed by atoms with Crippen LogP contribution in [0.5, 0.6) is 0 Å². The fourth-order valence-electron chi connectivity index (χ4n) is 2.93. The molecular formula is C20H15N3O7S. The molecule has 0 N–H and O–H groups in total. The van der Waals surface area contributed by atoms with Gasteiger partial charge in [-0.1, -0.05) is 36.4 Å². The number of sulfonamides is 1. The summed E-state index contributed by atoms with van der Waals surface area (Å²) in [7, 11) is -4.43. The van der Waals surface area contributed by atoms with Gasteiger partial charge in [0.05, 0.1) is 26.0 Å². The van der Waals surface area contributed by atoms with Crippen molar-refractivity contribution in [3.63, 3.8) is 0 Å². The molecule has 0 aliphatic carbocycles. The summed E-state index contributed by atoms with van der Waals surface area (Å²) >= 11 is 0. The van der Waals surface area contributed by atoms with Crippen LogP contribution in [-0.2, 0) is 10.0 Å². The van der Waals surface area contributed by atoms with Crippen molar-refractivity contribution < 1.29 is 23.1 Å². The van der Waals surface area contributed by atoms with Crippen molar-refractivity contribution in [1.82, 2.24) is 0 Å². The van der Waals surface area contributed by atoms with Gasteiger partial charge in [0, 0.05) is 12.1 Å². The highest BCUT2D eigenvalue weighted by Gasteiger charge is 2.34. The van der Waals surface area contributed by atoms with E-state index < -0.39 is 42.7 Å². The lowest BCUT2D eigenvalue weighted by Gasteiger charge is -2.22. The van der Waals surface area contributed by atoms with Gasteiger partial charge in [-0.3, -0.25) is 25.0 Å². The van der Waals surface area contributed by atoms with E-state index in [0.717, 1.165) is 12.1 Å². The molecule has 3 aromatic rings. The first-order valence-corrected chi connectivity index (χ1v) is 10.2. The Kier molecular flexibility index (Phi) is 5.79. The Labute approximate surface area is 176 Å². The second-order valence-corrected chi connectivity index (χ2v) is 8.16. The zero-order valence-electron chi connectivity index (χ0n) is 16.0. The highest BCUT2D eigenvalue weighted by atomic mass is 32.2. The van der Waals surface area contributed by atoms with Gasteiger partial charge in [-0.25, -0.2) is 8.42 Å². The number of hydrogen-bond acceptors (Lipinski definition) is 7. The summed E-state index contributed by atoms with van der Waals surface area (Å²) in [5.74, 6) is -1.17. The second-order valence-electron chi connectivity index (χ2n) is 6.38. The lowest BCUT2D eigenvalue weighted by Crippen LogP contribution is -2.37. The number of amides is 1. The first kappa shape index (κ1) is 21.6. The van der Waals surface area contributed by atoms with Gasteiger partial charge in [0.2, 0.25) is 0 Å². The topological polar surface area (TPSA) is 141 Å². The molecule has 3 aromatic carbocycles. The van der Waals surface area contributed by atoms with Crippen molar-refractivity contribution in [2.24, 2.45) is 0 Å². The number of rotatable bonds is 6. The van der Waals surface area contributed by atoms with E-state index in [9.17, 15) is 33.4 Å². The van der Waals surface area contributed by atoms with E-state index in [1.54, 1.807) is 12.1 Å². The SMILES string of the molecule is Cc1c([N+](=O)[O-])cc(C(=O)N(c2ccccc2)S(=O)(=O)c2ccccc2)cc1[N+](=O)[O-]. The number of nitro groups is 2. The van der Waals surface area contributed by atoms with Gasteiger partial charge in [0.15, 0.2) is 0 Å². The molecule has 0 unspecified atom stereocenters. The Morgan fingerprint density at radius 3 is 1.74 bits per heavy atom. The van der Waals surface area contributed by atoms with Crippen LogP contribution in [0, 0.1) is 27.2 Å². The molecular weight excluding hydrogens is 426 g/mol. The maximum Gasteiger partial charge on any atom is 0.279 e. The molecule has 0 heterocycles. The van der Waals surface area contributed by atoms with Crippen molar-refractivity contribution in [1.29, 1.82) is 0 Å². The monoisotopic (exact) mass is 441 g/mol. The summed E-state index contributed by atoms with van der Waals surface area (Å²) in [5, 5.41) is 22.7. The molecule has 0 aromatic heterocycles. The Balaban J connectivity index is 2.26. The molecule has 0 radical (unpaired) electrons. The number of para-hydroxylation sites is 1. The summed E-state index contributed by atoms with van der Waals surface area (Å²) in [6, 6.07) is 16.2. The first-order valence-electron chi connectivity index (χ1n) is 8.77. The van der Waals surface area contributed by atoms with Crippen LogP contribution in [0.4, 0.5) is 17.1 Å². The third-order valence-corrected chi connectivity index (χ3v) is 6.18. The number of nitro benzene ring substituents is 2. The molecule has 11 heteroatoms. The molecule has 3 rings (SSSR count). The molecule has 0 atom stereocenters. The van der Waals surface area contributed by atoms with Crippen LogP contribution in [0.15, 0.2) is 77.7 Å². The molecule has 1 amide bonds. The minimum absolute atomic E-state index is 0.0257. The van der Waals surface area contributed by atoms with Crippen LogP contribution < -0.4 is 4.31 Å². The summed E-state index contributed by atoms with van der Waals surface area (Å²) in [5.41, 5.74) is -2.11. The van der Waals surface area contributed by atoms with Gasteiger partial charge in [-0.2, -0.15) is 4.31 Å². The van der Waals surface area contributed by atoms with E-state index in [1.165, 1.54) is 55.5 Å². The van der Waals surface area contributed by atoms with E-state index in [4.69, 9.17) is 0 Å². The number of carbonyl (C=O) groups is 1. The van der Waals surface area contributed by atoms with Gasteiger partial charge >= 0.3 is 0 Å². The minimum atomic E-state index is -4.43. The quantitative estimate of drug-likeness (QED) is 0.418. The first-order chi connectivity index (χ1) is 14.6. The van der Waals surface area contributed by atoms with Gasteiger partial charge in [0.25, 0.3) is 27.3 Å². The number of anilines is 1. The van der Waals surface area contributed by atoms with Gasteiger partial charge in [-0.05, 0) is 31.2 Å². The number of benzene rings is 3. The predicted octanol–water partition coefficient (Wildman–Crippen LogP) is 3.85. The highest BCUT2D eigenvalue weighted by molar-refractivity contribution is 7.93. The molecule has 0 spiro atoms. The maximum atomic E-state index is 13.3. The molecule has 10 nitrogen and oxygen atoms in total. The highest BCUT2D eigenvalue weighted by Crippen LogP contribution is 2.32. The number of carbonyl (C=O) groups excluding carboxylic acids is 1. The normalized spacial score (nSPS) is 11.0. The minimum Gasteiger partial charge on any atom is -0.268 e. The smallest absolute Gasteiger partial charge is 0.268 e. The molecule has 0 saturated carbocycles. The molecule has 0 fully saturated rings. The fourth-order valence-corrected chi connectivity index (χ4v) is 4.37. The number of nitrogens with zero attached hydrogens (tertiary/aromatic N) is 3. The lowest BCUT2D eigenvalue weighted by molar-refractivity contribution is -0.395. The zero-order valence-corrected chi connectivity index (χ0v) is 16.9. The molecule has 0 saturated heterocycles. The Bertz CT molecular complexity index is 1240. The van der Waals surface area contributed by atoms with Gasteiger partial charge in [0.1, 0.15) is 5.56 Å². The average Bonchev–Trinajstić information content (AvgIpc) is 2.74. The van der Waals surface area contributed by atoms with Crippen LogP contribution in [0.2, 0.25) is 0 Å². The van der Waals surface area contributed by atoms with Crippen LogP contribution in [0.3, 0.4) is 0 Å². The standard InChI is InChI=1S/C20H15N3O7S/c1-14-18(22(25)26)12-15(13-19(14)23(27)28)20(24)21(16-8-4-2-5-9-16)31(29,30)17-10-6-3-7-11-17/h2-13H,1H3. The van der Waals surface area contributed by atoms with Gasteiger partial charge in [-0.15, -0.1) is 0 Å². The van der Waals surface area contributed by atoms with Crippen molar-refractivity contribution in [2.75, 3.05) is 4.31 Å². The van der Waals surface area contributed by atoms with Crippen LogP contribution in [0.25, 0.3) is 0 Å². The van der Waals surface area contributed by atoms with E-state index in [2.05, 4.69) is 0 Å². The Hall–Kier alpha value is -4.12. The predicted molar refractivity (Wildman–Crippen MR) is 111 cm³/mol. The van der Waals surface area contributed by atoms with E-state index in [1.807, 2.05) is 0 Å². The molecule has 0 aliphatic heterocycles. The molecule has 158 valence electrons. The summed E-state index contributed by atoms with van der Waals surface area (Å²) < 4.78 is 27.1. The summed E-state index contributed by atoms with van der Waals surface area (Å²) in [6.07, 6.45) is 0. The molecule has 31 heavy (non-hydrogen) atoms. The maximum absolute atomic E-state index is 13.3. The third kappa shape index (κ3) is 4.12. The summed E-state index contributed by atoms with van der Waals surface area (Å²) in [6.45, 7) is 1.18. The Morgan fingerprint density at radius 1 is 0.839 bits per heavy atom. The lowest BCUT2D eigenvalue weighted by atomic mass is 10.1. The van der Waals surface area contributed by atoms with Crippen LogP contribution in [0.1, 0.15) is 15.9 Å². The largest absolute Gasteiger partial charge is 0.279 e. The van der Waals surface area contributed by atoms with Crippen molar-refractivity contribution >= 4 is 33.0 Å². The fraction of sp³-hybridized carbons (Fsp3) is 0.0500. The van der Waals surface area contributed by atoms with Crippen molar-refractivity contribution in [2.45, 2.75) is 11.8 Å². The second kappa shape index (κ2) is 8.32. The van der Waals surface area contributed by atoms with Gasteiger partial charge < -0.3 is 0 Å². The third-order valence-electron chi connectivity index (χ3n) is 4.45. The van der Waals surface area contributed by atoms with Crippen LogP contribution in [-0.4, -0.2) is 24.2 Å². The van der Waals surface area contributed by atoms with E-state index >= 15 is 0 Å². The molecule has 0 aliphatic rings. The van der Waals surface area contributed by atoms with Crippen molar-refractivity contribution in [3.8, 4) is 0 Å². The summed E-state index contributed by atoms with van der Waals surface area (Å²) in [4.78, 5) is 34.1. The Morgan fingerprint density at radius 2 is 1.29 bits per heavy atom. The molecule has 0 bridgehead atoms. The average molecular weight is 441 g/mol. The van der Waals surface area contributed by atoms with E-state index in [-0.39, 0.29) is 16.1 Å². The number of hydrogen-bond donors (Lipinski definition) is 0.